The molecule has 1 aromatic heterocycles. The van der Waals surface area contributed by atoms with Crippen molar-refractivity contribution in [2.75, 3.05) is 5.32 Å². The zero-order chi connectivity index (χ0) is 13.1. The topological polar surface area (TPSA) is 48.7 Å². The van der Waals surface area contributed by atoms with Crippen molar-refractivity contribution in [2.45, 2.75) is 13.8 Å². The summed E-state index contributed by atoms with van der Waals surface area (Å²) in [4.78, 5) is 4.09. The number of nitriles is 1. The van der Waals surface area contributed by atoms with Gasteiger partial charge in [-0.1, -0.05) is 12.1 Å². The predicted molar refractivity (Wildman–Crippen MR) is 68.1 cm³/mol. The van der Waals surface area contributed by atoms with Crippen LogP contribution in [0.2, 0.25) is 0 Å². The molecule has 90 valence electrons. The minimum atomic E-state index is -0.359. The number of para-hydroxylation sites is 1. The van der Waals surface area contributed by atoms with Gasteiger partial charge < -0.3 is 5.32 Å². The fraction of sp³-hybridized carbons (Fsp3) is 0.143. The molecule has 0 radical (unpaired) electrons. The number of benzene rings is 1. The van der Waals surface area contributed by atoms with Crippen molar-refractivity contribution in [3.05, 3.63) is 53.0 Å². The lowest BCUT2D eigenvalue weighted by Crippen LogP contribution is -2.02. The van der Waals surface area contributed by atoms with Crippen LogP contribution in [-0.2, 0) is 0 Å². The Morgan fingerprint density at radius 1 is 1.22 bits per heavy atom. The SMILES string of the molecule is Cc1ccnc(Nc2c(C)cccc2F)c1C#N. The Kier molecular flexibility index (Phi) is 3.24. The zero-order valence-electron chi connectivity index (χ0n) is 10.2. The maximum absolute atomic E-state index is 13.7. The Balaban J connectivity index is 2.48. The van der Waals surface area contributed by atoms with E-state index in [2.05, 4.69) is 16.4 Å². The average molecular weight is 241 g/mol. The van der Waals surface area contributed by atoms with Crippen LogP contribution in [0.3, 0.4) is 0 Å². The molecule has 1 aromatic carbocycles. The van der Waals surface area contributed by atoms with E-state index in [1.807, 2.05) is 6.92 Å². The third-order valence-electron chi connectivity index (χ3n) is 2.74. The largest absolute Gasteiger partial charge is 0.337 e. The molecule has 0 unspecified atom stereocenters. The minimum absolute atomic E-state index is 0.354. The molecular formula is C14H12FN3. The molecule has 0 fully saturated rings. The van der Waals surface area contributed by atoms with Crippen LogP contribution >= 0.6 is 0 Å². The molecule has 0 saturated heterocycles. The van der Waals surface area contributed by atoms with E-state index < -0.39 is 0 Å². The van der Waals surface area contributed by atoms with Crippen molar-refractivity contribution in [1.29, 1.82) is 5.26 Å². The molecule has 2 rings (SSSR count). The second kappa shape index (κ2) is 4.84. The summed E-state index contributed by atoms with van der Waals surface area (Å²) in [6, 6.07) is 8.64. The molecule has 1 N–H and O–H groups in total. The number of rotatable bonds is 2. The number of aryl methyl sites for hydroxylation is 2. The number of nitrogens with zero attached hydrogens (tertiary/aromatic N) is 2. The highest BCUT2D eigenvalue weighted by Gasteiger charge is 2.10. The summed E-state index contributed by atoms with van der Waals surface area (Å²) in [5.41, 5.74) is 2.36. The Labute approximate surface area is 105 Å². The summed E-state index contributed by atoms with van der Waals surface area (Å²) < 4.78 is 13.7. The van der Waals surface area contributed by atoms with Gasteiger partial charge in [-0.05, 0) is 37.1 Å². The van der Waals surface area contributed by atoms with Gasteiger partial charge in [-0.2, -0.15) is 5.26 Å². The number of hydrogen-bond donors (Lipinski definition) is 1. The van der Waals surface area contributed by atoms with E-state index >= 15 is 0 Å². The zero-order valence-corrected chi connectivity index (χ0v) is 10.2. The predicted octanol–water partition coefficient (Wildman–Crippen LogP) is 3.45. The first-order chi connectivity index (χ1) is 8.63. The van der Waals surface area contributed by atoms with Crippen molar-refractivity contribution < 1.29 is 4.39 Å². The highest BCUT2D eigenvalue weighted by Crippen LogP contribution is 2.25. The van der Waals surface area contributed by atoms with Crippen molar-refractivity contribution in [3.63, 3.8) is 0 Å². The number of aromatic nitrogens is 1. The number of pyridine rings is 1. The number of anilines is 2. The minimum Gasteiger partial charge on any atom is -0.337 e. The summed E-state index contributed by atoms with van der Waals surface area (Å²) in [6.45, 7) is 3.62. The van der Waals surface area contributed by atoms with Gasteiger partial charge in [0.1, 0.15) is 17.7 Å². The quantitative estimate of drug-likeness (QED) is 0.876. The van der Waals surface area contributed by atoms with Gasteiger partial charge in [-0.25, -0.2) is 9.37 Å². The molecule has 4 heteroatoms. The normalized spacial score (nSPS) is 9.89. The Bertz CT molecular complexity index is 609. The van der Waals surface area contributed by atoms with Gasteiger partial charge in [0, 0.05) is 6.20 Å². The Hall–Kier alpha value is -2.41. The Morgan fingerprint density at radius 3 is 2.67 bits per heavy atom. The number of hydrogen-bond acceptors (Lipinski definition) is 3. The lowest BCUT2D eigenvalue weighted by Gasteiger charge is -2.11. The molecule has 0 spiro atoms. The first kappa shape index (κ1) is 12.1. The van der Waals surface area contributed by atoms with Gasteiger partial charge >= 0.3 is 0 Å². The van der Waals surface area contributed by atoms with Crippen LogP contribution in [0.25, 0.3) is 0 Å². The van der Waals surface area contributed by atoms with Crippen molar-refractivity contribution in [3.8, 4) is 6.07 Å². The fourth-order valence-electron chi connectivity index (χ4n) is 1.70. The molecule has 0 atom stereocenters. The fourth-order valence-corrected chi connectivity index (χ4v) is 1.70. The van der Waals surface area contributed by atoms with E-state index in [1.54, 1.807) is 31.3 Å². The molecule has 0 amide bonds. The molecule has 0 aliphatic rings. The molecule has 18 heavy (non-hydrogen) atoms. The van der Waals surface area contributed by atoms with E-state index in [9.17, 15) is 4.39 Å². The smallest absolute Gasteiger partial charge is 0.148 e. The molecule has 3 nitrogen and oxygen atoms in total. The van der Waals surface area contributed by atoms with Gasteiger partial charge in [-0.3, -0.25) is 0 Å². The van der Waals surface area contributed by atoms with Crippen LogP contribution in [0.4, 0.5) is 15.9 Å². The summed E-state index contributed by atoms with van der Waals surface area (Å²) >= 11 is 0. The number of nitrogens with one attached hydrogen (secondary N) is 1. The van der Waals surface area contributed by atoms with E-state index in [4.69, 9.17) is 5.26 Å². The molecular weight excluding hydrogens is 229 g/mol. The Morgan fingerprint density at radius 2 is 2.00 bits per heavy atom. The molecule has 2 aromatic rings. The lowest BCUT2D eigenvalue weighted by atomic mass is 10.1. The standard InChI is InChI=1S/C14H12FN3/c1-9-6-7-17-14(11(9)8-16)18-13-10(2)4-3-5-12(13)15/h3-7H,1-2H3,(H,17,18). The van der Waals surface area contributed by atoms with Gasteiger partial charge in [0.2, 0.25) is 0 Å². The highest BCUT2D eigenvalue weighted by atomic mass is 19.1. The van der Waals surface area contributed by atoms with Gasteiger partial charge in [0.05, 0.1) is 11.3 Å². The van der Waals surface area contributed by atoms with Crippen LogP contribution in [0.5, 0.6) is 0 Å². The highest BCUT2D eigenvalue weighted by molar-refractivity contribution is 5.66. The van der Waals surface area contributed by atoms with E-state index in [-0.39, 0.29) is 5.82 Å². The maximum atomic E-state index is 13.7. The van der Waals surface area contributed by atoms with Gasteiger partial charge in [0.15, 0.2) is 0 Å². The van der Waals surface area contributed by atoms with Crippen LogP contribution in [0.15, 0.2) is 30.5 Å². The second-order valence-electron chi connectivity index (χ2n) is 4.02. The van der Waals surface area contributed by atoms with Crippen LogP contribution < -0.4 is 5.32 Å². The van der Waals surface area contributed by atoms with Crippen molar-refractivity contribution >= 4 is 11.5 Å². The summed E-state index contributed by atoms with van der Waals surface area (Å²) in [6.07, 6.45) is 1.59. The van der Waals surface area contributed by atoms with Crippen molar-refractivity contribution in [2.24, 2.45) is 0 Å². The van der Waals surface area contributed by atoms with Gasteiger partial charge in [0.25, 0.3) is 0 Å². The first-order valence-corrected chi connectivity index (χ1v) is 5.51. The van der Waals surface area contributed by atoms with Gasteiger partial charge in [-0.15, -0.1) is 0 Å². The molecule has 0 saturated carbocycles. The second-order valence-corrected chi connectivity index (χ2v) is 4.02. The first-order valence-electron chi connectivity index (χ1n) is 5.51. The van der Waals surface area contributed by atoms with E-state index in [0.29, 0.717) is 17.1 Å². The van der Waals surface area contributed by atoms with Crippen molar-refractivity contribution in [1.82, 2.24) is 4.98 Å². The third kappa shape index (κ3) is 2.16. The number of halogens is 1. The molecule has 0 aliphatic carbocycles. The molecule has 0 bridgehead atoms. The summed E-state index contributed by atoms with van der Waals surface area (Å²) in [5, 5.41) is 12.0. The summed E-state index contributed by atoms with van der Waals surface area (Å²) in [7, 11) is 0. The van der Waals surface area contributed by atoms with Crippen LogP contribution in [-0.4, -0.2) is 4.98 Å². The monoisotopic (exact) mass is 241 g/mol. The van der Waals surface area contributed by atoms with E-state index in [1.165, 1.54) is 6.07 Å². The summed E-state index contributed by atoms with van der Waals surface area (Å²) in [5.74, 6) is 0.0212. The third-order valence-corrected chi connectivity index (χ3v) is 2.74. The maximum Gasteiger partial charge on any atom is 0.148 e. The molecule has 1 heterocycles. The van der Waals surface area contributed by atoms with Crippen LogP contribution in [0, 0.1) is 31.0 Å². The molecule has 0 aliphatic heterocycles. The average Bonchev–Trinajstić information content (AvgIpc) is 2.34. The van der Waals surface area contributed by atoms with E-state index in [0.717, 1.165) is 11.1 Å². The van der Waals surface area contributed by atoms with Crippen LogP contribution in [0.1, 0.15) is 16.7 Å². The lowest BCUT2D eigenvalue weighted by molar-refractivity contribution is 0.631.